The van der Waals surface area contributed by atoms with Crippen molar-refractivity contribution in [1.82, 2.24) is 15.0 Å². The van der Waals surface area contributed by atoms with Gasteiger partial charge in [-0.25, -0.2) is 9.97 Å². The Labute approximate surface area is 104 Å². The Morgan fingerprint density at radius 2 is 2.44 bits per heavy atom. The van der Waals surface area contributed by atoms with E-state index < -0.39 is 0 Å². The van der Waals surface area contributed by atoms with Crippen LogP contribution < -0.4 is 5.73 Å². The molecular weight excluding hydrogens is 232 g/mol. The first-order chi connectivity index (χ1) is 8.63. The van der Waals surface area contributed by atoms with Gasteiger partial charge in [-0.05, 0) is 6.42 Å². The van der Waals surface area contributed by atoms with Gasteiger partial charge in [0.15, 0.2) is 5.82 Å². The van der Waals surface area contributed by atoms with Crippen LogP contribution in [-0.2, 0) is 4.74 Å². The first kappa shape index (κ1) is 11.4. The smallest absolute Gasteiger partial charge is 0.151 e. The predicted molar refractivity (Wildman–Crippen MR) is 66.8 cm³/mol. The van der Waals surface area contributed by atoms with Gasteiger partial charge in [-0.2, -0.15) is 0 Å². The molecule has 0 saturated carbocycles. The molecule has 96 valence electrons. The highest BCUT2D eigenvalue weighted by Gasteiger charge is 2.37. The van der Waals surface area contributed by atoms with Crippen LogP contribution in [0.25, 0.3) is 11.0 Å². The molecule has 2 aromatic heterocycles. The summed E-state index contributed by atoms with van der Waals surface area (Å²) in [5, 5.41) is 9.36. The molecule has 2 unspecified atom stereocenters. The van der Waals surface area contributed by atoms with E-state index in [4.69, 9.17) is 10.5 Å². The van der Waals surface area contributed by atoms with Crippen molar-refractivity contribution in [3.63, 3.8) is 0 Å². The van der Waals surface area contributed by atoms with Crippen LogP contribution in [0.2, 0.25) is 0 Å². The molecule has 3 rings (SSSR count). The fourth-order valence-corrected chi connectivity index (χ4v) is 2.40. The maximum Gasteiger partial charge on any atom is 0.151 e. The molecule has 1 aliphatic heterocycles. The largest absolute Gasteiger partial charge is 0.396 e. The highest BCUT2D eigenvalue weighted by molar-refractivity contribution is 5.87. The number of nitrogens with zero attached hydrogens (tertiary/aromatic N) is 2. The fraction of sp³-hybridized carbons (Fsp3) is 0.500. The van der Waals surface area contributed by atoms with E-state index in [0.29, 0.717) is 12.4 Å². The molecule has 0 aliphatic carbocycles. The van der Waals surface area contributed by atoms with Gasteiger partial charge in [-0.1, -0.05) is 6.92 Å². The molecule has 4 N–H and O–H groups in total. The van der Waals surface area contributed by atoms with Crippen LogP contribution in [0, 0.1) is 5.41 Å². The quantitative estimate of drug-likeness (QED) is 0.736. The van der Waals surface area contributed by atoms with E-state index in [-0.39, 0.29) is 18.1 Å². The van der Waals surface area contributed by atoms with Crippen molar-refractivity contribution in [2.75, 3.05) is 18.9 Å². The first-order valence-corrected chi connectivity index (χ1v) is 5.93. The van der Waals surface area contributed by atoms with E-state index in [0.717, 1.165) is 23.0 Å². The summed E-state index contributed by atoms with van der Waals surface area (Å²) in [6.07, 6.45) is 4.05. The normalized spacial score (nSPS) is 28.0. The number of aliphatic hydroxyl groups is 1. The van der Waals surface area contributed by atoms with Gasteiger partial charge in [0, 0.05) is 17.2 Å². The van der Waals surface area contributed by atoms with Gasteiger partial charge in [0.1, 0.15) is 11.8 Å². The molecule has 2 aromatic rings. The number of ether oxygens (including phenoxy) is 1. The highest BCUT2D eigenvalue weighted by atomic mass is 16.5. The summed E-state index contributed by atoms with van der Waals surface area (Å²) < 4.78 is 5.77. The van der Waals surface area contributed by atoms with Gasteiger partial charge >= 0.3 is 0 Å². The lowest BCUT2D eigenvalue weighted by molar-refractivity contribution is 0.0800. The standard InChI is InChI=1S/C12H16N4O2/c1-12(4-17)2-8(18-5-12)7-3-14-10-9(7)15-6-16-11(10)13/h3,6,8,14,17H,2,4-5H2,1H3,(H2,13,15,16). The third-order valence-electron chi connectivity index (χ3n) is 3.56. The van der Waals surface area contributed by atoms with Gasteiger partial charge in [0.2, 0.25) is 0 Å². The SMILES string of the molecule is CC1(CO)COC(c2c[nH]c3c(N)ncnc23)C1. The second-order valence-electron chi connectivity index (χ2n) is 5.20. The van der Waals surface area contributed by atoms with Crippen LogP contribution in [0.1, 0.15) is 25.0 Å². The van der Waals surface area contributed by atoms with Crippen molar-refractivity contribution < 1.29 is 9.84 Å². The molecule has 1 saturated heterocycles. The van der Waals surface area contributed by atoms with Crippen molar-refractivity contribution in [3.05, 3.63) is 18.1 Å². The van der Waals surface area contributed by atoms with Crippen molar-refractivity contribution >= 4 is 16.9 Å². The number of aromatic amines is 1. The lowest BCUT2D eigenvalue weighted by Crippen LogP contribution is -2.20. The average Bonchev–Trinajstić information content (AvgIpc) is 2.94. The first-order valence-electron chi connectivity index (χ1n) is 5.93. The van der Waals surface area contributed by atoms with E-state index in [9.17, 15) is 5.11 Å². The van der Waals surface area contributed by atoms with E-state index >= 15 is 0 Å². The van der Waals surface area contributed by atoms with E-state index in [1.807, 2.05) is 13.1 Å². The van der Waals surface area contributed by atoms with E-state index in [1.54, 1.807) is 0 Å². The molecule has 0 bridgehead atoms. The Morgan fingerprint density at radius 3 is 3.17 bits per heavy atom. The summed E-state index contributed by atoms with van der Waals surface area (Å²) in [4.78, 5) is 11.3. The molecule has 6 nitrogen and oxygen atoms in total. The number of hydrogen-bond donors (Lipinski definition) is 3. The topological polar surface area (TPSA) is 97.0 Å². The number of fused-ring (bicyclic) bond motifs is 1. The second-order valence-corrected chi connectivity index (χ2v) is 5.20. The Balaban J connectivity index is 1.99. The number of rotatable bonds is 2. The lowest BCUT2D eigenvalue weighted by atomic mass is 9.87. The number of aliphatic hydroxyl groups excluding tert-OH is 1. The van der Waals surface area contributed by atoms with Crippen LogP contribution in [0.3, 0.4) is 0 Å². The molecule has 1 fully saturated rings. The van der Waals surface area contributed by atoms with Crippen LogP contribution >= 0.6 is 0 Å². The van der Waals surface area contributed by atoms with Crippen LogP contribution in [0.5, 0.6) is 0 Å². The number of H-pyrrole nitrogens is 1. The van der Waals surface area contributed by atoms with E-state index in [2.05, 4.69) is 15.0 Å². The van der Waals surface area contributed by atoms with E-state index in [1.165, 1.54) is 6.33 Å². The summed E-state index contributed by atoms with van der Waals surface area (Å²) in [6.45, 7) is 2.70. The maximum absolute atomic E-state index is 9.36. The number of nitrogens with two attached hydrogens (primary N) is 1. The van der Waals surface area contributed by atoms with Crippen molar-refractivity contribution in [3.8, 4) is 0 Å². The molecular formula is C12H16N4O2. The molecule has 18 heavy (non-hydrogen) atoms. The molecule has 0 spiro atoms. The maximum atomic E-state index is 9.36. The summed E-state index contributed by atoms with van der Waals surface area (Å²) >= 11 is 0. The minimum atomic E-state index is -0.174. The third kappa shape index (κ3) is 1.65. The molecule has 1 aliphatic rings. The molecule has 0 radical (unpaired) electrons. The zero-order valence-electron chi connectivity index (χ0n) is 10.2. The minimum Gasteiger partial charge on any atom is -0.396 e. The van der Waals surface area contributed by atoms with Crippen molar-refractivity contribution in [1.29, 1.82) is 0 Å². The summed E-state index contributed by atoms with van der Waals surface area (Å²) in [6, 6.07) is 0. The fourth-order valence-electron chi connectivity index (χ4n) is 2.40. The zero-order valence-corrected chi connectivity index (χ0v) is 10.2. The lowest BCUT2D eigenvalue weighted by Gasteiger charge is -2.17. The Kier molecular flexibility index (Phi) is 2.49. The molecule has 2 atom stereocenters. The average molecular weight is 248 g/mol. The van der Waals surface area contributed by atoms with Crippen LogP contribution in [-0.4, -0.2) is 33.3 Å². The number of aromatic nitrogens is 3. The van der Waals surface area contributed by atoms with Gasteiger partial charge < -0.3 is 20.6 Å². The summed E-state index contributed by atoms with van der Waals surface area (Å²) in [5.41, 5.74) is 8.14. The zero-order chi connectivity index (χ0) is 12.8. The highest BCUT2D eigenvalue weighted by Crippen LogP contribution is 2.42. The monoisotopic (exact) mass is 248 g/mol. The van der Waals surface area contributed by atoms with Gasteiger partial charge in [0.25, 0.3) is 0 Å². The molecule has 0 amide bonds. The number of anilines is 1. The molecule has 0 aromatic carbocycles. The number of nitrogens with one attached hydrogen (secondary N) is 1. The minimum absolute atomic E-state index is 0.0507. The van der Waals surface area contributed by atoms with Crippen LogP contribution in [0.4, 0.5) is 5.82 Å². The second kappa shape index (κ2) is 3.93. The summed E-state index contributed by atoms with van der Waals surface area (Å²) in [7, 11) is 0. The predicted octanol–water partition coefficient (Wildman–Crippen LogP) is 1.00. The number of nitrogen functional groups attached to an aromatic ring is 1. The molecule has 6 heteroatoms. The Bertz CT molecular complexity index is 582. The van der Waals surface area contributed by atoms with Gasteiger partial charge in [-0.3, -0.25) is 0 Å². The van der Waals surface area contributed by atoms with Gasteiger partial charge in [-0.15, -0.1) is 0 Å². The Morgan fingerprint density at radius 1 is 1.61 bits per heavy atom. The third-order valence-corrected chi connectivity index (χ3v) is 3.56. The van der Waals surface area contributed by atoms with Crippen molar-refractivity contribution in [2.24, 2.45) is 5.41 Å². The summed E-state index contributed by atoms with van der Waals surface area (Å²) in [5.74, 6) is 0.439. The van der Waals surface area contributed by atoms with Crippen molar-refractivity contribution in [2.45, 2.75) is 19.4 Å². The van der Waals surface area contributed by atoms with Crippen LogP contribution in [0.15, 0.2) is 12.5 Å². The van der Waals surface area contributed by atoms with Gasteiger partial charge in [0.05, 0.1) is 24.8 Å². The number of hydrogen-bond acceptors (Lipinski definition) is 5. The Hall–Kier alpha value is -1.66. The molecule has 3 heterocycles.